The fourth-order valence-electron chi connectivity index (χ4n) is 2.01. The van der Waals surface area contributed by atoms with Crippen LogP contribution in [0.2, 0.25) is 10.0 Å². The molecule has 18 heavy (non-hydrogen) atoms. The lowest BCUT2D eigenvalue weighted by atomic mass is 10.3. The molecule has 2 aromatic rings. The molecule has 3 nitrogen and oxygen atoms in total. The molecule has 0 aliphatic heterocycles. The van der Waals surface area contributed by atoms with Crippen LogP contribution in [0.1, 0.15) is 25.6 Å². The zero-order chi connectivity index (χ0) is 13.1. The molecule has 1 aromatic carbocycles. The van der Waals surface area contributed by atoms with Gasteiger partial charge in [-0.15, -0.1) is 0 Å². The molecule has 0 saturated carbocycles. The summed E-state index contributed by atoms with van der Waals surface area (Å²) in [7, 11) is 0. The van der Waals surface area contributed by atoms with Crippen molar-refractivity contribution in [3.05, 3.63) is 28.0 Å². The third-order valence-corrected chi connectivity index (χ3v) is 3.58. The van der Waals surface area contributed by atoms with Crippen LogP contribution in [0.15, 0.2) is 12.1 Å². The molecular formula is C13H13Cl2N3. The molecule has 0 unspecified atom stereocenters. The van der Waals surface area contributed by atoms with Gasteiger partial charge in [-0.2, -0.15) is 5.26 Å². The minimum atomic E-state index is 0.522. The maximum absolute atomic E-state index is 8.60. The molecule has 1 heterocycles. The normalized spacial score (nSPS) is 10.8. The van der Waals surface area contributed by atoms with Crippen molar-refractivity contribution in [3.63, 3.8) is 0 Å². The summed E-state index contributed by atoms with van der Waals surface area (Å²) in [5.41, 5.74) is 1.84. The van der Waals surface area contributed by atoms with Crippen molar-refractivity contribution in [2.45, 2.75) is 32.7 Å². The van der Waals surface area contributed by atoms with E-state index >= 15 is 0 Å². The minimum absolute atomic E-state index is 0.522. The first-order valence-corrected chi connectivity index (χ1v) is 6.64. The van der Waals surface area contributed by atoms with Crippen LogP contribution in [-0.4, -0.2) is 9.55 Å². The summed E-state index contributed by atoms with van der Waals surface area (Å²) in [6, 6.07) is 5.79. The van der Waals surface area contributed by atoms with Gasteiger partial charge in [0.05, 0.1) is 27.1 Å². The molecule has 5 heteroatoms. The van der Waals surface area contributed by atoms with Gasteiger partial charge >= 0.3 is 0 Å². The molecule has 0 bridgehead atoms. The molecule has 1 aromatic heterocycles. The third kappa shape index (κ3) is 2.45. The van der Waals surface area contributed by atoms with E-state index in [9.17, 15) is 0 Å². The average Bonchev–Trinajstić information content (AvgIpc) is 2.68. The molecule has 0 spiro atoms. The van der Waals surface area contributed by atoms with E-state index in [0.29, 0.717) is 16.5 Å². The first kappa shape index (κ1) is 13.2. The predicted octanol–water partition coefficient (Wildman–Crippen LogP) is 4.21. The maximum atomic E-state index is 8.60. The fourth-order valence-corrected chi connectivity index (χ4v) is 2.32. The zero-order valence-electron chi connectivity index (χ0n) is 10.1. The largest absolute Gasteiger partial charge is 0.328 e. The average molecular weight is 282 g/mol. The van der Waals surface area contributed by atoms with Gasteiger partial charge in [0, 0.05) is 19.4 Å². The first-order chi connectivity index (χ1) is 8.67. The topological polar surface area (TPSA) is 41.6 Å². The summed E-state index contributed by atoms with van der Waals surface area (Å²) in [6.07, 6.45) is 2.20. The second-order valence-corrected chi connectivity index (χ2v) is 4.86. The van der Waals surface area contributed by atoms with E-state index in [-0.39, 0.29) is 0 Å². The number of aryl methyl sites for hydroxylation is 2. The number of imidazole rings is 1. The summed E-state index contributed by atoms with van der Waals surface area (Å²) in [4.78, 5) is 4.55. The van der Waals surface area contributed by atoms with Crippen LogP contribution in [0.3, 0.4) is 0 Å². The lowest BCUT2D eigenvalue weighted by Gasteiger charge is -2.06. The van der Waals surface area contributed by atoms with Crippen molar-refractivity contribution in [3.8, 4) is 6.07 Å². The lowest BCUT2D eigenvalue weighted by molar-refractivity contribution is 0.638. The summed E-state index contributed by atoms with van der Waals surface area (Å²) in [5.74, 6) is 1.00. The number of halogens is 2. The zero-order valence-corrected chi connectivity index (χ0v) is 11.6. The summed E-state index contributed by atoms with van der Waals surface area (Å²) >= 11 is 12.0. The van der Waals surface area contributed by atoms with Crippen LogP contribution in [-0.2, 0) is 13.0 Å². The number of rotatable bonds is 4. The lowest BCUT2D eigenvalue weighted by Crippen LogP contribution is -2.02. The number of nitriles is 1. The van der Waals surface area contributed by atoms with Gasteiger partial charge in [-0.3, -0.25) is 0 Å². The first-order valence-electron chi connectivity index (χ1n) is 5.88. The van der Waals surface area contributed by atoms with Gasteiger partial charge in [-0.05, 0) is 18.6 Å². The van der Waals surface area contributed by atoms with Gasteiger partial charge < -0.3 is 4.57 Å². The number of aromatic nitrogens is 2. The molecule has 94 valence electrons. The number of hydrogen-bond acceptors (Lipinski definition) is 2. The second kappa shape index (κ2) is 5.60. The standard InChI is InChI=1S/C13H13Cl2N3/c1-2-13-17-11-7-9(14)10(15)8-12(11)18(13)6-4-3-5-16/h7-8H,2-4,6H2,1H3. The monoisotopic (exact) mass is 281 g/mol. The smallest absolute Gasteiger partial charge is 0.109 e. The van der Waals surface area contributed by atoms with Crippen molar-refractivity contribution in [1.29, 1.82) is 5.26 Å². The third-order valence-electron chi connectivity index (χ3n) is 2.86. The predicted molar refractivity (Wildman–Crippen MR) is 74.0 cm³/mol. The van der Waals surface area contributed by atoms with Crippen molar-refractivity contribution >= 4 is 34.2 Å². The molecule has 0 fully saturated rings. The van der Waals surface area contributed by atoms with Gasteiger partial charge in [0.1, 0.15) is 5.82 Å². The number of hydrogen-bond donors (Lipinski definition) is 0. The fraction of sp³-hybridized carbons (Fsp3) is 0.385. The Morgan fingerprint density at radius 1 is 1.33 bits per heavy atom. The Morgan fingerprint density at radius 2 is 2.06 bits per heavy atom. The summed E-state index contributed by atoms with van der Waals surface area (Å²) in [6.45, 7) is 2.84. The number of benzene rings is 1. The van der Waals surface area contributed by atoms with Gasteiger partial charge in [-0.25, -0.2) is 4.98 Å². The Morgan fingerprint density at radius 3 is 2.72 bits per heavy atom. The van der Waals surface area contributed by atoms with Crippen molar-refractivity contribution in [2.75, 3.05) is 0 Å². The van der Waals surface area contributed by atoms with E-state index in [1.54, 1.807) is 6.07 Å². The van der Waals surface area contributed by atoms with E-state index in [1.807, 2.05) is 6.07 Å². The molecule has 0 radical (unpaired) electrons. The Labute approximate surface area is 116 Å². The van der Waals surface area contributed by atoms with E-state index in [2.05, 4.69) is 22.5 Å². The molecule has 0 atom stereocenters. The van der Waals surface area contributed by atoms with Crippen molar-refractivity contribution in [1.82, 2.24) is 9.55 Å². The highest BCUT2D eigenvalue weighted by molar-refractivity contribution is 6.42. The SMILES string of the molecule is CCc1nc2cc(Cl)c(Cl)cc2n1CCCC#N. The van der Waals surface area contributed by atoms with Crippen LogP contribution < -0.4 is 0 Å². The molecule has 0 amide bonds. The van der Waals surface area contributed by atoms with Gasteiger partial charge in [-0.1, -0.05) is 30.1 Å². The van der Waals surface area contributed by atoms with E-state index in [0.717, 1.165) is 36.2 Å². The van der Waals surface area contributed by atoms with Crippen LogP contribution in [0.25, 0.3) is 11.0 Å². The molecule has 0 aliphatic rings. The highest BCUT2D eigenvalue weighted by Gasteiger charge is 2.11. The van der Waals surface area contributed by atoms with E-state index < -0.39 is 0 Å². The molecule has 2 rings (SSSR count). The summed E-state index contributed by atoms with van der Waals surface area (Å²) in [5, 5.41) is 9.66. The Bertz CT molecular complexity index is 611. The van der Waals surface area contributed by atoms with E-state index in [1.165, 1.54) is 0 Å². The van der Waals surface area contributed by atoms with Crippen LogP contribution in [0.5, 0.6) is 0 Å². The minimum Gasteiger partial charge on any atom is -0.328 e. The van der Waals surface area contributed by atoms with Crippen LogP contribution in [0.4, 0.5) is 0 Å². The number of nitrogens with zero attached hydrogens (tertiary/aromatic N) is 3. The highest BCUT2D eigenvalue weighted by Crippen LogP contribution is 2.28. The van der Waals surface area contributed by atoms with Crippen molar-refractivity contribution in [2.24, 2.45) is 0 Å². The van der Waals surface area contributed by atoms with Crippen molar-refractivity contribution < 1.29 is 0 Å². The molecule has 0 saturated heterocycles. The van der Waals surface area contributed by atoms with Gasteiger partial charge in [0.15, 0.2) is 0 Å². The Hall–Kier alpha value is -1.24. The Balaban J connectivity index is 2.48. The van der Waals surface area contributed by atoms with Crippen LogP contribution >= 0.6 is 23.2 Å². The second-order valence-electron chi connectivity index (χ2n) is 4.05. The van der Waals surface area contributed by atoms with E-state index in [4.69, 9.17) is 28.5 Å². The summed E-state index contributed by atoms with van der Waals surface area (Å²) < 4.78 is 2.12. The highest BCUT2D eigenvalue weighted by atomic mass is 35.5. The maximum Gasteiger partial charge on any atom is 0.109 e. The Kier molecular flexibility index (Phi) is 4.11. The quantitative estimate of drug-likeness (QED) is 0.788. The van der Waals surface area contributed by atoms with Gasteiger partial charge in [0.2, 0.25) is 0 Å². The molecular weight excluding hydrogens is 269 g/mol. The molecule has 0 N–H and O–H groups in total. The molecule has 0 aliphatic carbocycles. The number of fused-ring (bicyclic) bond motifs is 1. The van der Waals surface area contributed by atoms with Crippen LogP contribution in [0, 0.1) is 11.3 Å². The van der Waals surface area contributed by atoms with Gasteiger partial charge in [0.25, 0.3) is 0 Å². The number of unbranched alkanes of at least 4 members (excludes halogenated alkanes) is 1.